The number of carboxylic acid groups (broad SMARTS) is 1. The number of hydrogen-bond donors (Lipinski definition) is 3. The number of aromatic hydroxyl groups is 1. The van der Waals surface area contributed by atoms with E-state index >= 15 is 0 Å². The molecule has 0 aliphatic rings. The van der Waals surface area contributed by atoms with Crippen LogP contribution < -0.4 is 0 Å². The molecule has 17 heavy (non-hydrogen) atoms. The number of phenolic OH excluding ortho intramolecular Hbond substituents is 1. The fourth-order valence-corrected chi connectivity index (χ4v) is 1.60. The molecule has 1 aromatic carbocycles. The Morgan fingerprint density at radius 2 is 2.00 bits per heavy atom. The van der Waals surface area contributed by atoms with Crippen LogP contribution in [0.4, 0.5) is 0 Å². The summed E-state index contributed by atoms with van der Waals surface area (Å²) < 4.78 is 0. The van der Waals surface area contributed by atoms with Gasteiger partial charge in [0.05, 0.1) is 5.56 Å². The molecule has 0 aliphatic heterocycles. The van der Waals surface area contributed by atoms with Crippen molar-refractivity contribution in [2.75, 3.05) is 5.88 Å². The van der Waals surface area contributed by atoms with Gasteiger partial charge in [-0.15, -0.1) is 11.6 Å². The lowest BCUT2D eigenvalue weighted by molar-refractivity contribution is -0.146. The summed E-state index contributed by atoms with van der Waals surface area (Å²) in [4.78, 5) is 22.3. The van der Waals surface area contributed by atoms with Gasteiger partial charge in [-0.25, -0.2) is 4.79 Å². The van der Waals surface area contributed by atoms with Gasteiger partial charge in [0, 0.05) is 17.9 Å². The number of carboxylic acids is 1. The summed E-state index contributed by atoms with van der Waals surface area (Å²) in [6.45, 7) is 0. The first-order valence-corrected chi connectivity index (χ1v) is 5.34. The maximum Gasteiger partial charge on any atom is 0.337 e. The molecule has 92 valence electrons. The number of hydrogen-bond acceptors (Lipinski definition) is 4. The number of alkyl halides is 1. The molecule has 0 bridgehead atoms. The van der Waals surface area contributed by atoms with Gasteiger partial charge in [-0.05, 0) is 6.07 Å². The van der Waals surface area contributed by atoms with Crippen LogP contribution in [-0.2, 0) is 4.79 Å². The van der Waals surface area contributed by atoms with E-state index in [4.69, 9.17) is 16.7 Å². The molecule has 3 N–H and O–H groups in total. The lowest BCUT2D eigenvalue weighted by atomic mass is 9.97. The van der Waals surface area contributed by atoms with Crippen LogP contribution >= 0.6 is 11.6 Å². The average molecular weight is 259 g/mol. The highest BCUT2D eigenvalue weighted by atomic mass is 35.5. The monoisotopic (exact) mass is 258 g/mol. The molecule has 1 aromatic rings. The van der Waals surface area contributed by atoms with Gasteiger partial charge in [0.2, 0.25) is 0 Å². The van der Waals surface area contributed by atoms with Gasteiger partial charge >= 0.3 is 5.97 Å². The quantitative estimate of drug-likeness (QED) is 0.547. The summed E-state index contributed by atoms with van der Waals surface area (Å²) in [5.41, 5.74) is -0.323. The second-order valence-electron chi connectivity index (χ2n) is 3.34. The normalized spacial score (nSPS) is 12.1. The number of rotatable bonds is 5. The largest absolute Gasteiger partial charge is 0.507 e. The molecule has 0 amide bonds. The summed E-state index contributed by atoms with van der Waals surface area (Å²) in [6.07, 6.45) is -1.89. The van der Waals surface area contributed by atoms with Gasteiger partial charge in [0.25, 0.3) is 0 Å². The lowest BCUT2D eigenvalue weighted by Gasteiger charge is -2.12. The predicted molar refractivity (Wildman–Crippen MR) is 60.4 cm³/mol. The van der Waals surface area contributed by atoms with E-state index in [0.717, 1.165) is 0 Å². The third-order valence-corrected chi connectivity index (χ3v) is 2.39. The molecule has 5 nitrogen and oxygen atoms in total. The Hall–Kier alpha value is -1.59. The van der Waals surface area contributed by atoms with Gasteiger partial charge in [-0.2, -0.15) is 0 Å². The van der Waals surface area contributed by atoms with Crippen LogP contribution in [0.2, 0.25) is 0 Å². The Morgan fingerprint density at radius 3 is 2.53 bits per heavy atom. The zero-order valence-electron chi connectivity index (χ0n) is 8.76. The van der Waals surface area contributed by atoms with Crippen molar-refractivity contribution in [3.8, 4) is 5.75 Å². The maximum absolute atomic E-state index is 11.7. The standard InChI is InChI=1S/C11H11ClO5/c12-5-4-8(14)9-6(10(15)11(16)17)2-1-3-7(9)13/h1-3,10,13,15H,4-5H2,(H,16,17). The Bertz CT molecular complexity index is 443. The summed E-state index contributed by atoms with van der Waals surface area (Å²) in [5, 5.41) is 27.7. The Kier molecular flexibility index (Phi) is 4.48. The molecule has 1 atom stereocenters. The van der Waals surface area contributed by atoms with E-state index in [1.165, 1.54) is 18.2 Å². The summed E-state index contributed by atoms with van der Waals surface area (Å²) in [5.74, 6) is -2.31. The highest BCUT2D eigenvalue weighted by Gasteiger charge is 2.24. The lowest BCUT2D eigenvalue weighted by Crippen LogP contribution is -2.15. The van der Waals surface area contributed by atoms with Gasteiger partial charge in [-0.1, -0.05) is 12.1 Å². The first-order valence-electron chi connectivity index (χ1n) is 4.81. The van der Waals surface area contributed by atoms with Crippen LogP contribution in [0.25, 0.3) is 0 Å². The van der Waals surface area contributed by atoms with Crippen molar-refractivity contribution in [1.29, 1.82) is 0 Å². The Balaban J connectivity index is 3.26. The smallest absolute Gasteiger partial charge is 0.337 e. The molecule has 0 spiro atoms. The Labute approximate surface area is 102 Å². The fraction of sp³-hybridized carbons (Fsp3) is 0.273. The molecule has 0 aliphatic carbocycles. The zero-order chi connectivity index (χ0) is 13.0. The van der Waals surface area contributed by atoms with E-state index in [1.807, 2.05) is 0 Å². The molecular weight excluding hydrogens is 248 g/mol. The van der Waals surface area contributed by atoms with Crippen molar-refractivity contribution >= 4 is 23.4 Å². The number of aliphatic hydroxyl groups excluding tert-OH is 1. The summed E-state index contributed by atoms with van der Waals surface area (Å²) >= 11 is 5.41. The molecule has 0 saturated carbocycles. The molecule has 6 heteroatoms. The molecule has 1 unspecified atom stereocenters. The maximum atomic E-state index is 11.7. The average Bonchev–Trinajstić information content (AvgIpc) is 2.27. The molecule has 0 radical (unpaired) electrons. The number of Topliss-reactive ketones (excluding diaryl/α,β-unsaturated/α-hetero) is 1. The van der Waals surface area contributed by atoms with Gasteiger partial charge in [0.1, 0.15) is 5.75 Å². The zero-order valence-corrected chi connectivity index (χ0v) is 9.52. The van der Waals surface area contributed by atoms with Crippen LogP contribution in [0.5, 0.6) is 5.75 Å². The highest BCUT2D eigenvalue weighted by Crippen LogP contribution is 2.27. The summed E-state index contributed by atoms with van der Waals surface area (Å²) in [6, 6.07) is 3.88. The van der Waals surface area contributed by atoms with Crippen molar-refractivity contribution in [2.24, 2.45) is 0 Å². The number of aliphatic hydroxyl groups is 1. The van der Waals surface area contributed by atoms with E-state index in [9.17, 15) is 19.8 Å². The van der Waals surface area contributed by atoms with E-state index in [0.29, 0.717) is 0 Å². The topological polar surface area (TPSA) is 94.8 Å². The molecule has 0 heterocycles. The molecule has 1 rings (SSSR count). The van der Waals surface area contributed by atoms with E-state index in [1.54, 1.807) is 0 Å². The second-order valence-corrected chi connectivity index (χ2v) is 3.72. The van der Waals surface area contributed by atoms with Gasteiger partial charge in [0.15, 0.2) is 11.9 Å². The third-order valence-electron chi connectivity index (χ3n) is 2.20. The van der Waals surface area contributed by atoms with Crippen molar-refractivity contribution < 1.29 is 24.9 Å². The minimum Gasteiger partial charge on any atom is -0.507 e. The third kappa shape index (κ3) is 2.95. The number of phenols is 1. The molecule has 0 saturated heterocycles. The second kappa shape index (κ2) is 5.65. The van der Waals surface area contributed by atoms with E-state index in [2.05, 4.69) is 0 Å². The highest BCUT2D eigenvalue weighted by molar-refractivity contribution is 6.19. The number of carbonyl (C=O) groups is 2. The van der Waals surface area contributed by atoms with Crippen LogP contribution in [0, 0.1) is 0 Å². The molecule has 0 aromatic heterocycles. The Morgan fingerprint density at radius 1 is 1.35 bits per heavy atom. The van der Waals surface area contributed by atoms with Crippen molar-refractivity contribution in [2.45, 2.75) is 12.5 Å². The van der Waals surface area contributed by atoms with Crippen LogP contribution in [0.1, 0.15) is 28.4 Å². The SMILES string of the molecule is O=C(CCCl)c1c(O)cccc1C(O)C(=O)O. The van der Waals surface area contributed by atoms with Crippen LogP contribution in [0.3, 0.4) is 0 Å². The van der Waals surface area contributed by atoms with Crippen molar-refractivity contribution in [3.63, 3.8) is 0 Å². The number of benzene rings is 1. The van der Waals surface area contributed by atoms with Crippen LogP contribution in [-0.4, -0.2) is 33.0 Å². The van der Waals surface area contributed by atoms with E-state index < -0.39 is 17.9 Å². The summed E-state index contributed by atoms with van der Waals surface area (Å²) in [7, 11) is 0. The minimum atomic E-state index is -1.85. The van der Waals surface area contributed by atoms with Gasteiger partial charge in [-0.3, -0.25) is 4.79 Å². The fourth-order valence-electron chi connectivity index (χ4n) is 1.43. The number of halogens is 1. The van der Waals surface area contributed by atoms with Crippen molar-refractivity contribution in [3.05, 3.63) is 29.3 Å². The van der Waals surface area contributed by atoms with Crippen LogP contribution in [0.15, 0.2) is 18.2 Å². The first-order chi connectivity index (χ1) is 7.99. The van der Waals surface area contributed by atoms with Crippen molar-refractivity contribution in [1.82, 2.24) is 0 Å². The predicted octanol–water partition coefficient (Wildman–Crippen LogP) is 1.32. The van der Waals surface area contributed by atoms with Gasteiger partial charge < -0.3 is 15.3 Å². The number of aliphatic carboxylic acids is 1. The minimum absolute atomic E-state index is 0.0432. The first kappa shape index (κ1) is 13.5. The van der Waals surface area contributed by atoms with E-state index in [-0.39, 0.29) is 29.2 Å². The number of ketones is 1. The molecular formula is C11H11ClO5. The number of carbonyl (C=O) groups excluding carboxylic acids is 1. The molecule has 0 fully saturated rings.